The second kappa shape index (κ2) is 6.51. The van der Waals surface area contributed by atoms with Gasteiger partial charge in [-0.3, -0.25) is 9.59 Å². The smallest absolute Gasteiger partial charge is 0.311 e. The van der Waals surface area contributed by atoms with Gasteiger partial charge in [-0.1, -0.05) is 0 Å². The first kappa shape index (κ1) is 13.0. The van der Waals surface area contributed by atoms with Gasteiger partial charge in [0.2, 0.25) is 0 Å². The maximum Gasteiger partial charge on any atom is 0.311 e. The van der Waals surface area contributed by atoms with E-state index in [9.17, 15) is 9.59 Å². The molecule has 1 aromatic heterocycles. The third-order valence-corrected chi connectivity index (χ3v) is 3.61. The first-order valence-corrected chi connectivity index (χ1v) is 7.00. The molecule has 2 rings (SSSR count). The van der Waals surface area contributed by atoms with Gasteiger partial charge in [0, 0.05) is 32.7 Å². The summed E-state index contributed by atoms with van der Waals surface area (Å²) in [5.74, 6) is -0.908. The van der Waals surface area contributed by atoms with Gasteiger partial charge >= 0.3 is 11.8 Å². The highest BCUT2D eigenvalue weighted by Crippen LogP contribution is 2.05. The molecule has 0 spiro atoms. The van der Waals surface area contributed by atoms with Crippen LogP contribution < -0.4 is 10.6 Å². The van der Waals surface area contributed by atoms with Gasteiger partial charge in [0.1, 0.15) is 0 Å². The number of nitrogens with one attached hydrogen (secondary N) is 2. The van der Waals surface area contributed by atoms with Gasteiger partial charge in [-0.15, -0.1) is 0 Å². The van der Waals surface area contributed by atoms with Crippen LogP contribution in [-0.4, -0.2) is 49.4 Å². The van der Waals surface area contributed by atoms with E-state index in [2.05, 4.69) is 10.6 Å². The first-order valence-electron chi connectivity index (χ1n) is 6.06. The molecule has 98 valence electrons. The second-order valence-electron chi connectivity index (χ2n) is 4.18. The van der Waals surface area contributed by atoms with Crippen molar-refractivity contribution in [2.45, 2.75) is 6.42 Å². The second-order valence-corrected chi connectivity index (χ2v) is 4.96. The van der Waals surface area contributed by atoms with Gasteiger partial charge in [0.15, 0.2) is 0 Å². The van der Waals surface area contributed by atoms with Gasteiger partial charge in [-0.2, -0.15) is 11.3 Å². The minimum Gasteiger partial charge on any atom is -0.347 e. The Balaban J connectivity index is 1.71. The van der Waals surface area contributed by atoms with E-state index in [1.165, 1.54) is 5.56 Å². The lowest BCUT2D eigenvalue weighted by Gasteiger charge is -2.26. The monoisotopic (exact) mass is 267 g/mol. The molecule has 0 radical (unpaired) electrons. The number of carbonyl (C=O) groups is 2. The van der Waals surface area contributed by atoms with Crippen molar-refractivity contribution < 1.29 is 9.59 Å². The lowest BCUT2D eigenvalue weighted by Crippen LogP contribution is -2.51. The Kier molecular flexibility index (Phi) is 4.72. The predicted molar refractivity (Wildman–Crippen MR) is 70.5 cm³/mol. The van der Waals surface area contributed by atoms with E-state index in [1.807, 2.05) is 16.8 Å². The van der Waals surface area contributed by atoms with Crippen LogP contribution in [0.4, 0.5) is 0 Å². The molecule has 0 unspecified atom stereocenters. The quantitative estimate of drug-likeness (QED) is 0.748. The highest BCUT2D eigenvalue weighted by molar-refractivity contribution is 7.07. The van der Waals surface area contributed by atoms with Crippen molar-refractivity contribution in [1.82, 2.24) is 15.5 Å². The van der Waals surface area contributed by atoms with Crippen molar-refractivity contribution >= 4 is 23.2 Å². The third kappa shape index (κ3) is 3.54. The van der Waals surface area contributed by atoms with E-state index in [1.54, 1.807) is 16.2 Å². The first-order chi connectivity index (χ1) is 8.77. The van der Waals surface area contributed by atoms with Crippen molar-refractivity contribution in [3.63, 3.8) is 0 Å². The summed E-state index contributed by atoms with van der Waals surface area (Å²) in [5, 5.41) is 9.87. The fraction of sp³-hybridized carbons (Fsp3) is 0.500. The van der Waals surface area contributed by atoms with Crippen molar-refractivity contribution in [3.8, 4) is 0 Å². The number of piperazine rings is 1. The number of rotatable bonds is 3. The predicted octanol–water partition coefficient (Wildman–Crippen LogP) is -0.161. The fourth-order valence-corrected chi connectivity index (χ4v) is 2.55. The summed E-state index contributed by atoms with van der Waals surface area (Å²) in [5.41, 5.74) is 1.19. The van der Waals surface area contributed by atoms with Crippen LogP contribution >= 0.6 is 11.3 Å². The molecule has 6 heteroatoms. The normalized spacial score (nSPS) is 15.4. The van der Waals surface area contributed by atoms with E-state index >= 15 is 0 Å². The molecule has 2 amide bonds. The zero-order valence-electron chi connectivity index (χ0n) is 10.1. The lowest BCUT2D eigenvalue weighted by atomic mass is 10.2. The standard InChI is InChI=1S/C12H17N3O2S/c16-11(12(17)15-6-4-13-5-7-15)14-3-1-10-2-8-18-9-10/h2,8-9,13H,1,3-7H2,(H,14,16). The topological polar surface area (TPSA) is 61.4 Å². The van der Waals surface area contributed by atoms with E-state index in [0.29, 0.717) is 19.6 Å². The Morgan fingerprint density at radius 1 is 1.39 bits per heavy atom. The molecular weight excluding hydrogens is 250 g/mol. The summed E-state index contributed by atoms with van der Waals surface area (Å²) in [6, 6.07) is 2.02. The van der Waals surface area contributed by atoms with Gasteiger partial charge < -0.3 is 15.5 Å². The Morgan fingerprint density at radius 2 is 2.17 bits per heavy atom. The van der Waals surface area contributed by atoms with Crippen LogP contribution in [0.1, 0.15) is 5.56 Å². The molecule has 0 aromatic carbocycles. The summed E-state index contributed by atoms with van der Waals surface area (Å²) in [7, 11) is 0. The van der Waals surface area contributed by atoms with E-state index in [4.69, 9.17) is 0 Å². The molecule has 0 aliphatic carbocycles. The average molecular weight is 267 g/mol. The van der Waals surface area contributed by atoms with Crippen molar-refractivity contribution in [3.05, 3.63) is 22.4 Å². The molecule has 0 bridgehead atoms. The van der Waals surface area contributed by atoms with Gasteiger partial charge in [-0.05, 0) is 28.8 Å². The van der Waals surface area contributed by atoms with E-state index in [-0.39, 0.29) is 0 Å². The molecule has 2 heterocycles. The summed E-state index contributed by atoms with van der Waals surface area (Å²) in [6.07, 6.45) is 0.768. The maximum absolute atomic E-state index is 11.8. The number of hydrogen-bond donors (Lipinski definition) is 2. The molecule has 5 nitrogen and oxygen atoms in total. The molecule has 0 saturated carbocycles. The van der Waals surface area contributed by atoms with Crippen LogP contribution in [-0.2, 0) is 16.0 Å². The Morgan fingerprint density at radius 3 is 2.83 bits per heavy atom. The summed E-state index contributed by atoms with van der Waals surface area (Å²) in [4.78, 5) is 25.0. The SMILES string of the molecule is O=C(NCCc1ccsc1)C(=O)N1CCNCC1. The van der Waals surface area contributed by atoms with Crippen LogP contribution in [0.15, 0.2) is 16.8 Å². The van der Waals surface area contributed by atoms with E-state index < -0.39 is 11.8 Å². The minimum atomic E-state index is -0.493. The Labute approximate surface area is 110 Å². The van der Waals surface area contributed by atoms with Gasteiger partial charge in [0.25, 0.3) is 0 Å². The van der Waals surface area contributed by atoms with Crippen molar-refractivity contribution in [2.75, 3.05) is 32.7 Å². The summed E-state index contributed by atoms with van der Waals surface area (Å²) in [6.45, 7) is 3.24. The number of amides is 2. The molecule has 2 N–H and O–H groups in total. The molecule has 1 aliphatic rings. The highest BCUT2D eigenvalue weighted by Gasteiger charge is 2.22. The van der Waals surface area contributed by atoms with Crippen LogP contribution in [0.5, 0.6) is 0 Å². The molecule has 1 aliphatic heterocycles. The molecule has 1 saturated heterocycles. The van der Waals surface area contributed by atoms with Crippen LogP contribution in [0, 0.1) is 0 Å². The highest BCUT2D eigenvalue weighted by atomic mass is 32.1. The van der Waals surface area contributed by atoms with Gasteiger partial charge in [0.05, 0.1) is 0 Å². The molecule has 1 aromatic rings. The average Bonchev–Trinajstić information content (AvgIpc) is 2.92. The summed E-state index contributed by atoms with van der Waals surface area (Å²) >= 11 is 1.63. The molecule has 18 heavy (non-hydrogen) atoms. The largest absolute Gasteiger partial charge is 0.347 e. The molecule has 1 fully saturated rings. The Bertz CT molecular complexity index is 399. The van der Waals surface area contributed by atoms with Crippen LogP contribution in [0.25, 0.3) is 0 Å². The number of hydrogen-bond acceptors (Lipinski definition) is 4. The maximum atomic E-state index is 11.8. The number of thiophene rings is 1. The van der Waals surface area contributed by atoms with E-state index in [0.717, 1.165) is 19.5 Å². The number of nitrogens with zero attached hydrogens (tertiary/aromatic N) is 1. The zero-order chi connectivity index (χ0) is 12.8. The third-order valence-electron chi connectivity index (χ3n) is 2.88. The summed E-state index contributed by atoms with van der Waals surface area (Å²) < 4.78 is 0. The molecule has 0 atom stereocenters. The zero-order valence-corrected chi connectivity index (χ0v) is 11.0. The van der Waals surface area contributed by atoms with Crippen molar-refractivity contribution in [2.24, 2.45) is 0 Å². The van der Waals surface area contributed by atoms with Crippen molar-refractivity contribution in [1.29, 1.82) is 0 Å². The lowest BCUT2D eigenvalue weighted by molar-refractivity contribution is -0.146. The van der Waals surface area contributed by atoms with Crippen LogP contribution in [0.2, 0.25) is 0 Å². The fourth-order valence-electron chi connectivity index (χ4n) is 1.84. The number of carbonyl (C=O) groups excluding carboxylic acids is 2. The van der Waals surface area contributed by atoms with Gasteiger partial charge in [-0.25, -0.2) is 0 Å². The minimum absolute atomic E-state index is 0.415. The Hall–Kier alpha value is -1.40. The molecular formula is C12H17N3O2S. The van der Waals surface area contributed by atoms with Crippen LogP contribution in [0.3, 0.4) is 0 Å².